The number of carbonyl (C=O) groups is 1. The molecule has 0 saturated heterocycles. The van der Waals surface area contributed by atoms with Crippen LogP contribution in [-0.2, 0) is 10.0 Å². The van der Waals surface area contributed by atoms with Gasteiger partial charge in [-0.2, -0.15) is 0 Å². The van der Waals surface area contributed by atoms with Crippen LogP contribution in [-0.4, -0.2) is 26.6 Å². The molecule has 0 fully saturated rings. The van der Waals surface area contributed by atoms with Crippen LogP contribution in [0.4, 0.5) is 16.2 Å². The first kappa shape index (κ1) is 17.8. The number of thiophene rings is 1. The number of aromatic hydroxyl groups is 1. The maximum absolute atomic E-state index is 11.9. The van der Waals surface area contributed by atoms with Crippen molar-refractivity contribution >= 4 is 62.0 Å². The Kier molecular flexibility index (Phi) is 5.37. The van der Waals surface area contributed by atoms with Gasteiger partial charge < -0.3 is 15.7 Å². The molecule has 23 heavy (non-hydrogen) atoms. The minimum atomic E-state index is -3.81. The van der Waals surface area contributed by atoms with Crippen molar-refractivity contribution in [2.75, 3.05) is 17.7 Å². The third-order valence-electron chi connectivity index (χ3n) is 2.69. The predicted octanol–water partition coefficient (Wildman–Crippen LogP) is 3.31. The van der Waals surface area contributed by atoms with E-state index in [1.54, 1.807) is 12.1 Å². The molecular formula is C12H11Cl2N3O4S2. The van der Waals surface area contributed by atoms with Gasteiger partial charge >= 0.3 is 6.03 Å². The average molecular weight is 396 g/mol. The molecule has 124 valence electrons. The highest BCUT2D eigenvalue weighted by atomic mass is 35.5. The topological polar surface area (TPSA) is 108 Å². The van der Waals surface area contributed by atoms with Crippen molar-refractivity contribution in [2.24, 2.45) is 0 Å². The molecule has 0 aliphatic rings. The van der Waals surface area contributed by atoms with Crippen molar-refractivity contribution < 1.29 is 18.3 Å². The zero-order chi connectivity index (χ0) is 17.2. The predicted molar refractivity (Wildman–Crippen MR) is 91.3 cm³/mol. The Labute approximate surface area is 146 Å². The quantitative estimate of drug-likeness (QED) is 0.636. The fraction of sp³-hybridized carbons (Fsp3) is 0.0833. The lowest BCUT2D eigenvalue weighted by atomic mass is 10.3. The molecule has 0 atom stereocenters. The molecule has 11 heteroatoms. The second kappa shape index (κ2) is 6.93. The molecule has 2 aromatic rings. The largest absolute Gasteiger partial charge is 0.504 e. The first-order valence-electron chi connectivity index (χ1n) is 6.02. The van der Waals surface area contributed by atoms with Crippen LogP contribution in [0.15, 0.2) is 27.8 Å². The molecule has 1 aromatic heterocycles. The number of amides is 2. The molecule has 0 saturated carbocycles. The molecule has 0 aliphatic carbocycles. The summed E-state index contributed by atoms with van der Waals surface area (Å²) in [5, 5.41) is 16.4. The van der Waals surface area contributed by atoms with Crippen LogP contribution in [0.2, 0.25) is 10.0 Å². The summed E-state index contributed by atoms with van der Waals surface area (Å²) in [4.78, 5) is 11.9. The molecule has 4 N–H and O–H groups in total. The summed E-state index contributed by atoms with van der Waals surface area (Å²) < 4.78 is 25.1. The van der Waals surface area contributed by atoms with Crippen molar-refractivity contribution in [3.8, 4) is 5.75 Å². The van der Waals surface area contributed by atoms with E-state index in [-0.39, 0.29) is 25.6 Å². The number of rotatable bonds is 4. The molecular weight excluding hydrogens is 385 g/mol. The molecule has 1 heterocycles. The molecule has 2 amide bonds. The Morgan fingerprint density at radius 3 is 2.52 bits per heavy atom. The highest BCUT2D eigenvalue weighted by Crippen LogP contribution is 2.37. The highest BCUT2D eigenvalue weighted by molar-refractivity contribution is 7.91. The maximum Gasteiger partial charge on any atom is 0.323 e. The molecule has 7 nitrogen and oxygen atoms in total. The van der Waals surface area contributed by atoms with E-state index in [4.69, 9.17) is 23.2 Å². The molecule has 0 spiro atoms. The fourth-order valence-corrected chi connectivity index (χ4v) is 4.00. The number of halogens is 2. The molecule has 0 bridgehead atoms. The van der Waals surface area contributed by atoms with Crippen molar-refractivity contribution in [3.63, 3.8) is 0 Å². The van der Waals surface area contributed by atoms with Crippen LogP contribution in [0.1, 0.15) is 0 Å². The van der Waals surface area contributed by atoms with Crippen LogP contribution >= 0.6 is 34.5 Å². The minimum Gasteiger partial charge on any atom is -0.504 e. The summed E-state index contributed by atoms with van der Waals surface area (Å²) in [6.45, 7) is 0. The van der Waals surface area contributed by atoms with Crippen molar-refractivity contribution in [1.29, 1.82) is 0 Å². The van der Waals surface area contributed by atoms with E-state index in [0.717, 1.165) is 11.3 Å². The van der Waals surface area contributed by atoms with E-state index in [0.29, 0.717) is 0 Å². The number of benzene rings is 1. The maximum atomic E-state index is 11.9. The van der Waals surface area contributed by atoms with Gasteiger partial charge in [-0.25, -0.2) is 17.9 Å². The van der Waals surface area contributed by atoms with E-state index in [9.17, 15) is 18.3 Å². The van der Waals surface area contributed by atoms with E-state index in [2.05, 4.69) is 15.4 Å². The SMILES string of the molecule is CNS(=O)(=O)c1scc(NC(=O)Nc2cccc(Cl)c2Cl)c1O. The summed E-state index contributed by atoms with van der Waals surface area (Å²) >= 11 is 12.6. The van der Waals surface area contributed by atoms with Gasteiger partial charge in [0, 0.05) is 5.38 Å². The van der Waals surface area contributed by atoms with Gasteiger partial charge in [0.2, 0.25) is 0 Å². The first-order chi connectivity index (χ1) is 10.8. The minimum absolute atomic E-state index is 0.0422. The second-order valence-electron chi connectivity index (χ2n) is 4.17. The van der Waals surface area contributed by atoms with Gasteiger partial charge in [-0.3, -0.25) is 0 Å². The Morgan fingerprint density at radius 1 is 1.22 bits per heavy atom. The molecule has 0 unspecified atom stereocenters. The first-order valence-corrected chi connectivity index (χ1v) is 9.14. The van der Waals surface area contributed by atoms with Gasteiger partial charge in [0.05, 0.1) is 21.4 Å². The van der Waals surface area contributed by atoms with Crippen molar-refractivity contribution in [2.45, 2.75) is 4.21 Å². The third-order valence-corrected chi connectivity index (χ3v) is 6.44. The summed E-state index contributed by atoms with van der Waals surface area (Å²) in [5.41, 5.74) is 0.230. The average Bonchev–Trinajstić information content (AvgIpc) is 2.86. The summed E-state index contributed by atoms with van der Waals surface area (Å²) in [5.74, 6) is -0.545. The van der Waals surface area contributed by atoms with Gasteiger partial charge in [0.25, 0.3) is 10.0 Å². The van der Waals surface area contributed by atoms with Gasteiger partial charge in [0.15, 0.2) is 9.96 Å². The van der Waals surface area contributed by atoms with Crippen LogP contribution in [0.5, 0.6) is 5.75 Å². The Morgan fingerprint density at radius 2 is 1.87 bits per heavy atom. The highest BCUT2D eigenvalue weighted by Gasteiger charge is 2.23. The van der Waals surface area contributed by atoms with Crippen LogP contribution in [0.3, 0.4) is 0 Å². The number of carbonyl (C=O) groups excluding carboxylic acids is 1. The number of nitrogens with one attached hydrogen (secondary N) is 3. The second-order valence-corrected chi connectivity index (χ2v) is 7.92. The lowest BCUT2D eigenvalue weighted by Gasteiger charge is -2.09. The molecule has 1 aromatic carbocycles. The summed E-state index contributed by atoms with van der Waals surface area (Å²) in [6, 6.07) is 3.99. The fourth-order valence-electron chi connectivity index (χ4n) is 1.58. The lowest BCUT2D eigenvalue weighted by molar-refractivity contribution is 0.262. The van der Waals surface area contributed by atoms with Crippen molar-refractivity contribution in [1.82, 2.24) is 4.72 Å². The number of hydrogen-bond acceptors (Lipinski definition) is 5. The van der Waals surface area contributed by atoms with Gasteiger partial charge in [-0.05, 0) is 19.2 Å². The van der Waals surface area contributed by atoms with Crippen LogP contribution in [0.25, 0.3) is 0 Å². The van der Waals surface area contributed by atoms with Crippen LogP contribution in [0, 0.1) is 0 Å². The molecule has 2 rings (SSSR count). The van der Waals surface area contributed by atoms with E-state index < -0.39 is 21.8 Å². The number of sulfonamides is 1. The standard InChI is InChI=1S/C12H11Cl2N3O4S2/c1-15-23(20,21)11-10(18)8(5-22-11)17-12(19)16-7-4-2-3-6(13)9(7)14/h2-5,15,18H,1H3,(H2,16,17,19). The molecule has 0 radical (unpaired) electrons. The van der Waals surface area contributed by atoms with Crippen LogP contribution < -0.4 is 15.4 Å². The molecule has 0 aliphatic heterocycles. The summed E-state index contributed by atoms with van der Waals surface area (Å²) in [7, 11) is -2.59. The van der Waals surface area contributed by atoms with Crippen molar-refractivity contribution in [3.05, 3.63) is 33.6 Å². The third kappa shape index (κ3) is 3.88. The monoisotopic (exact) mass is 395 g/mol. The summed E-state index contributed by atoms with van der Waals surface area (Å²) in [6.07, 6.45) is 0. The van der Waals surface area contributed by atoms with E-state index in [1.807, 2.05) is 0 Å². The Balaban J connectivity index is 2.17. The number of anilines is 2. The van der Waals surface area contributed by atoms with E-state index >= 15 is 0 Å². The lowest BCUT2D eigenvalue weighted by Crippen LogP contribution is -2.20. The van der Waals surface area contributed by atoms with Gasteiger partial charge in [-0.1, -0.05) is 29.3 Å². The normalized spacial score (nSPS) is 11.3. The van der Waals surface area contributed by atoms with Gasteiger partial charge in [-0.15, -0.1) is 11.3 Å². The Bertz CT molecular complexity index is 852. The van der Waals surface area contributed by atoms with E-state index in [1.165, 1.54) is 18.5 Å². The Hall–Kier alpha value is -1.52. The zero-order valence-corrected chi connectivity index (χ0v) is 14.7. The zero-order valence-electron chi connectivity index (χ0n) is 11.6. The number of hydrogen-bond donors (Lipinski definition) is 4. The number of urea groups is 1. The smallest absolute Gasteiger partial charge is 0.323 e. The van der Waals surface area contributed by atoms with Gasteiger partial charge in [0.1, 0.15) is 0 Å².